The summed E-state index contributed by atoms with van der Waals surface area (Å²) in [5, 5.41) is 22.2. The first-order chi connectivity index (χ1) is 13.8. The molecule has 0 spiro atoms. The Morgan fingerprint density at radius 2 is 1.76 bits per heavy atom. The molecule has 2 aromatic rings. The van der Waals surface area contributed by atoms with Gasteiger partial charge in [0.15, 0.2) is 6.17 Å². The third kappa shape index (κ3) is 5.84. The van der Waals surface area contributed by atoms with E-state index in [2.05, 4.69) is 11.9 Å². The number of rotatable bonds is 9. The van der Waals surface area contributed by atoms with Crippen molar-refractivity contribution in [3.8, 4) is 11.1 Å². The van der Waals surface area contributed by atoms with E-state index in [0.29, 0.717) is 0 Å². The van der Waals surface area contributed by atoms with Gasteiger partial charge in [-0.1, -0.05) is 73.3 Å². The van der Waals surface area contributed by atoms with Crippen LogP contribution in [0.2, 0.25) is 0 Å². The van der Waals surface area contributed by atoms with E-state index in [1.54, 1.807) is 6.08 Å². The van der Waals surface area contributed by atoms with Gasteiger partial charge < -0.3 is 5.11 Å². The van der Waals surface area contributed by atoms with Gasteiger partial charge in [0.1, 0.15) is 11.6 Å². The van der Waals surface area contributed by atoms with Gasteiger partial charge in [-0.05, 0) is 36.1 Å². The van der Waals surface area contributed by atoms with Gasteiger partial charge in [0.2, 0.25) is 0 Å². The summed E-state index contributed by atoms with van der Waals surface area (Å²) in [6, 6.07) is 16.6. The number of hydroxylamine groups is 1. The van der Waals surface area contributed by atoms with E-state index in [-0.39, 0.29) is 12.1 Å². The molecule has 0 aliphatic carbocycles. The molecule has 4 N–H and O–H groups in total. The Bertz CT molecular complexity index is 848. The predicted molar refractivity (Wildman–Crippen MR) is 113 cm³/mol. The maximum absolute atomic E-state index is 14.3. The van der Waals surface area contributed by atoms with Crippen LogP contribution >= 0.6 is 0 Å². The third-order valence-electron chi connectivity index (χ3n) is 4.67. The highest BCUT2D eigenvalue weighted by Gasteiger charge is 2.44. The standard InChI is InChI=1S/C23H27FN2O3/c1-16(2)20(24)23(3,28)21(22(27)26-29)25-15-7-8-17-11-13-19(14-12-17)18-9-5-4-6-10-18/h4-14,20-21,25,28-29H,1,15H2,2-3H3,(H,26,27). The Labute approximate surface area is 170 Å². The lowest BCUT2D eigenvalue weighted by Gasteiger charge is -2.34. The molecule has 3 unspecified atom stereocenters. The van der Waals surface area contributed by atoms with E-state index < -0.39 is 23.7 Å². The maximum atomic E-state index is 14.3. The van der Waals surface area contributed by atoms with Crippen molar-refractivity contribution < 1.29 is 19.5 Å². The second kappa shape index (κ2) is 10.1. The lowest BCUT2D eigenvalue weighted by atomic mass is 9.87. The van der Waals surface area contributed by atoms with Gasteiger partial charge in [0, 0.05) is 6.54 Å². The van der Waals surface area contributed by atoms with Crippen LogP contribution in [0.5, 0.6) is 0 Å². The normalized spacial score (nSPS) is 15.5. The predicted octanol–water partition coefficient (Wildman–Crippen LogP) is 3.50. The van der Waals surface area contributed by atoms with Crippen molar-refractivity contribution in [3.63, 3.8) is 0 Å². The molecule has 2 aromatic carbocycles. The topological polar surface area (TPSA) is 81.6 Å². The van der Waals surface area contributed by atoms with E-state index in [0.717, 1.165) is 16.7 Å². The minimum absolute atomic E-state index is 0.0848. The lowest BCUT2D eigenvalue weighted by molar-refractivity contribution is -0.140. The molecular weight excluding hydrogens is 371 g/mol. The minimum Gasteiger partial charge on any atom is -0.385 e. The molecule has 0 radical (unpaired) electrons. The number of hydrogen-bond donors (Lipinski definition) is 4. The third-order valence-corrected chi connectivity index (χ3v) is 4.67. The summed E-state index contributed by atoms with van der Waals surface area (Å²) in [4.78, 5) is 11.9. The summed E-state index contributed by atoms with van der Waals surface area (Å²) < 4.78 is 14.3. The number of halogens is 1. The molecule has 0 bridgehead atoms. The molecule has 6 heteroatoms. The van der Waals surface area contributed by atoms with Gasteiger partial charge in [-0.25, -0.2) is 9.87 Å². The molecule has 0 aromatic heterocycles. The molecular formula is C23H27FN2O3. The van der Waals surface area contributed by atoms with Crippen LogP contribution in [0.4, 0.5) is 4.39 Å². The zero-order valence-electron chi connectivity index (χ0n) is 16.6. The molecule has 5 nitrogen and oxygen atoms in total. The highest BCUT2D eigenvalue weighted by atomic mass is 19.1. The van der Waals surface area contributed by atoms with E-state index in [1.165, 1.54) is 19.3 Å². The number of amides is 1. The number of hydrogen-bond acceptors (Lipinski definition) is 4. The Hall–Kier alpha value is -2.80. The number of carbonyl (C=O) groups excluding carboxylic acids is 1. The van der Waals surface area contributed by atoms with Crippen LogP contribution in [-0.2, 0) is 4.79 Å². The first kappa shape index (κ1) is 22.5. The van der Waals surface area contributed by atoms with E-state index >= 15 is 0 Å². The molecule has 0 aliphatic rings. The average molecular weight is 398 g/mol. The van der Waals surface area contributed by atoms with Crippen LogP contribution in [0.25, 0.3) is 17.2 Å². The number of benzene rings is 2. The van der Waals surface area contributed by atoms with Crippen molar-refractivity contribution in [2.45, 2.75) is 31.7 Å². The number of carbonyl (C=O) groups is 1. The Kier molecular flexibility index (Phi) is 7.84. The number of alkyl halides is 1. The van der Waals surface area contributed by atoms with E-state index in [4.69, 9.17) is 5.21 Å². The van der Waals surface area contributed by atoms with Gasteiger partial charge in [-0.2, -0.15) is 0 Å². The van der Waals surface area contributed by atoms with E-state index in [9.17, 15) is 14.3 Å². The summed E-state index contributed by atoms with van der Waals surface area (Å²) in [6.07, 6.45) is 1.75. The Morgan fingerprint density at radius 1 is 1.17 bits per heavy atom. The second-order valence-corrected chi connectivity index (χ2v) is 7.14. The second-order valence-electron chi connectivity index (χ2n) is 7.14. The fourth-order valence-corrected chi connectivity index (χ4v) is 3.07. The van der Waals surface area contributed by atoms with Crippen molar-refractivity contribution in [1.29, 1.82) is 0 Å². The van der Waals surface area contributed by atoms with Gasteiger partial charge in [0.05, 0.1) is 0 Å². The molecule has 0 saturated heterocycles. The zero-order valence-corrected chi connectivity index (χ0v) is 16.6. The van der Waals surface area contributed by atoms with Gasteiger partial charge in [0.25, 0.3) is 5.91 Å². The molecule has 3 atom stereocenters. The molecule has 0 heterocycles. The molecule has 2 rings (SSSR count). The number of aliphatic hydroxyl groups is 1. The fourth-order valence-electron chi connectivity index (χ4n) is 3.07. The van der Waals surface area contributed by atoms with Crippen LogP contribution < -0.4 is 10.8 Å². The number of nitrogens with one attached hydrogen (secondary N) is 2. The van der Waals surface area contributed by atoms with Crippen LogP contribution in [-0.4, -0.2) is 40.6 Å². The van der Waals surface area contributed by atoms with Gasteiger partial charge in [-0.3, -0.25) is 15.3 Å². The van der Waals surface area contributed by atoms with Crippen molar-refractivity contribution in [1.82, 2.24) is 10.8 Å². The molecule has 0 aliphatic heterocycles. The summed E-state index contributed by atoms with van der Waals surface area (Å²) >= 11 is 0. The van der Waals surface area contributed by atoms with Crippen molar-refractivity contribution in [3.05, 3.63) is 78.4 Å². The minimum atomic E-state index is -2.08. The summed E-state index contributed by atoms with van der Waals surface area (Å²) in [5.41, 5.74) is 2.65. The highest BCUT2D eigenvalue weighted by molar-refractivity contribution is 5.82. The van der Waals surface area contributed by atoms with Gasteiger partial charge in [-0.15, -0.1) is 0 Å². The van der Waals surface area contributed by atoms with E-state index in [1.807, 2.05) is 60.7 Å². The monoisotopic (exact) mass is 398 g/mol. The fraction of sp³-hybridized carbons (Fsp3) is 0.261. The average Bonchev–Trinajstić information content (AvgIpc) is 2.73. The molecule has 1 amide bonds. The largest absolute Gasteiger partial charge is 0.385 e. The molecule has 29 heavy (non-hydrogen) atoms. The summed E-state index contributed by atoms with van der Waals surface area (Å²) in [7, 11) is 0. The van der Waals surface area contributed by atoms with Crippen molar-refractivity contribution in [2.75, 3.05) is 6.54 Å². The summed E-state index contributed by atoms with van der Waals surface area (Å²) in [6.45, 7) is 6.27. The Balaban J connectivity index is 2.02. The first-order valence-corrected chi connectivity index (χ1v) is 9.28. The first-order valence-electron chi connectivity index (χ1n) is 9.28. The lowest BCUT2D eigenvalue weighted by Crippen LogP contribution is -2.61. The van der Waals surface area contributed by atoms with Crippen LogP contribution in [0.15, 0.2) is 72.8 Å². The zero-order chi connectivity index (χ0) is 21.4. The highest BCUT2D eigenvalue weighted by Crippen LogP contribution is 2.24. The quantitative estimate of drug-likeness (QED) is 0.296. The van der Waals surface area contributed by atoms with Gasteiger partial charge >= 0.3 is 0 Å². The Morgan fingerprint density at radius 3 is 2.31 bits per heavy atom. The van der Waals surface area contributed by atoms with Crippen LogP contribution in [0.3, 0.4) is 0 Å². The van der Waals surface area contributed by atoms with Crippen LogP contribution in [0.1, 0.15) is 19.4 Å². The smallest absolute Gasteiger partial charge is 0.263 e. The molecule has 0 saturated carbocycles. The molecule has 154 valence electrons. The van der Waals surface area contributed by atoms with Crippen LogP contribution in [0, 0.1) is 0 Å². The SMILES string of the molecule is C=C(C)C(F)C(C)(O)C(NCC=Cc1ccc(-c2ccccc2)cc1)C(=O)NO. The summed E-state index contributed by atoms with van der Waals surface area (Å²) in [5.74, 6) is -0.931. The molecule has 0 fully saturated rings. The van der Waals surface area contributed by atoms with Crippen molar-refractivity contribution >= 4 is 12.0 Å². The maximum Gasteiger partial charge on any atom is 0.263 e. The van der Waals surface area contributed by atoms with Crippen molar-refractivity contribution in [2.24, 2.45) is 0 Å².